The Hall–Kier alpha value is 0.230. The van der Waals surface area contributed by atoms with Gasteiger partial charge in [0.05, 0.1) is 13.2 Å². The van der Waals surface area contributed by atoms with Crippen LogP contribution >= 0.6 is 11.8 Å². The van der Waals surface area contributed by atoms with Gasteiger partial charge in [-0.3, -0.25) is 4.90 Å². The van der Waals surface area contributed by atoms with Crippen LogP contribution in [0.3, 0.4) is 0 Å². The summed E-state index contributed by atoms with van der Waals surface area (Å²) in [6.07, 6.45) is 6.11. The van der Waals surface area contributed by atoms with Gasteiger partial charge in [0.15, 0.2) is 0 Å². The van der Waals surface area contributed by atoms with Gasteiger partial charge in [-0.05, 0) is 50.9 Å². The number of nitrogens with zero attached hydrogens (tertiary/aromatic N) is 1. The molecule has 1 N–H and O–H groups in total. The van der Waals surface area contributed by atoms with E-state index in [0.717, 1.165) is 32.8 Å². The molecular weight excluding hydrogens is 220 g/mol. The standard InChI is InChI=1S/C12H26N2OS/c1-16-12-3-2-5-13-6-4-7-14-8-10-15-11-9-14/h13H,2-12H2,1H3. The van der Waals surface area contributed by atoms with E-state index in [-0.39, 0.29) is 0 Å². The lowest BCUT2D eigenvalue weighted by Gasteiger charge is -2.26. The van der Waals surface area contributed by atoms with Gasteiger partial charge < -0.3 is 10.1 Å². The largest absolute Gasteiger partial charge is 0.379 e. The van der Waals surface area contributed by atoms with Crippen LogP contribution < -0.4 is 5.32 Å². The molecule has 0 atom stereocenters. The average molecular weight is 246 g/mol. The first-order valence-electron chi connectivity index (χ1n) is 6.43. The molecule has 0 amide bonds. The van der Waals surface area contributed by atoms with Crippen molar-refractivity contribution in [1.29, 1.82) is 0 Å². The predicted octanol–water partition coefficient (Wildman–Crippen LogP) is 1.44. The fourth-order valence-corrected chi connectivity index (χ4v) is 2.37. The molecule has 3 nitrogen and oxygen atoms in total. The minimum absolute atomic E-state index is 0.919. The summed E-state index contributed by atoms with van der Waals surface area (Å²) < 4.78 is 5.32. The van der Waals surface area contributed by atoms with E-state index >= 15 is 0 Å². The number of hydrogen-bond donors (Lipinski definition) is 1. The Kier molecular flexibility index (Phi) is 9.28. The van der Waals surface area contributed by atoms with E-state index in [4.69, 9.17) is 4.74 Å². The van der Waals surface area contributed by atoms with Crippen LogP contribution in [0.15, 0.2) is 0 Å². The van der Waals surface area contributed by atoms with Crippen LogP contribution in [0.4, 0.5) is 0 Å². The van der Waals surface area contributed by atoms with Crippen LogP contribution in [-0.4, -0.2) is 62.8 Å². The third kappa shape index (κ3) is 7.49. The Balaban J connectivity index is 1.77. The summed E-state index contributed by atoms with van der Waals surface area (Å²) >= 11 is 1.94. The van der Waals surface area contributed by atoms with Crippen molar-refractivity contribution in [2.45, 2.75) is 19.3 Å². The molecule has 0 aromatic rings. The molecule has 96 valence electrons. The molecule has 0 saturated carbocycles. The number of nitrogens with one attached hydrogen (secondary N) is 1. The number of ether oxygens (including phenoxy) is 1. The molecule has 0 aliphatic carbocycles. The van der Waals surface area contributed by atoms with Crippen molar-refractivity contribution in [2.75, 3.05) is 57.9 Å². The topological polar surface area (TPSA) is 24.5 Å². The summed E-state index contributed by atoms with van der Waals surface area (Å²) in [5.74, 6) is 1.30. The number of rotatable bonds is 9. The monoisotopic (exact) mass is 246 g/mol. The fraction of sp³-hybridized carbons (Fsp3) is 1.00. The summed E-state index contributed by atoms with van der Waals surface area (Å²) in [6, 6.07) is 0. The van der Waals surface area contributed by atoms with Gasteiger partial charge in [0, 0.05) is 13.1 Å². The van der Waals surface area contributed by atoms with Crippen LogP contribution in [0.1, 0.15) is 19.3 Å². The number of unbranched alkanes of at least 4 members (excludes halogenated alkanes) is 1. The van der Waals surface area contributed by atoms with Crippen LogP contribution in [0.2, 0.25) is 0 Å². The van der Waals surface area contributed by atoms with Gasteiger partial charge >= 0.3 is 0 Å². The van der Waals surface area contributed by atoms with Crippen molar-refractivity contribution in [3.05, 3.63) is 0 Å². The van der Waals surface area contributed by atoms with Gasteiger partial charge in [-0.25, -0.2) is 0 Å². The zero-order chi connectivity index (χ0) is 11.5. The maximum atomic E-state index is 5.32. The summed E-state index contributed by atoms with van der Waals surface area (Å²) in [4.78, 5) is 2.50. The van der Waals surface area contributed by atoms with E-state index in [0.29, 0.717) is 0 Å². The van der Waals surface area contributed by atoms with E-state index in [2.05, 4.69) is 16.5 Å². The first-order valence-corrected chi connectivity index (χ1v) is 7.82. The van der Waals surface area contributed by atoms with Gasteiger partial charge in [0.1, 0.15) is 0 Å². The normalized spacial score (nSPS) is 17.8. The average Bonchev–Trinajstić information content (AvgIpc) is 2.34. The lowest BCUT2D eigenvalue weighted by molar-refractivity contribution is 0.0374. The molecule has 0 aromatic carbocycles. The second-order valence-corrected chi connectivity index (χ2v) is 5.24. The van der Waals surface area contributed by atoms with Gasteiger partial charge in [-0.15, -0.1) is 0 Å². The summed E-state index contributed by atoms with van der Waals surface area (Å²) in [5.41, 5.74) is 0. The summed E-state index contributed by atoms with van der Waals surface area (Å²) in [7, 11) is 0. The smallest absolute Gasteiger partial charge is 0.0594 e. The van der Waals surface area contributed by atoms with Crippen molar-refractivity contribution in [2.24, 2.45) is 0 Å². The second kappa shape index (κ2) is 10.4. The molecule has 0 unspecified atom stereocenters. The molecule has 1 fully saturated rings. The SMILES string of the molecule is CSCCCCNCCCN1CCOCC1. The minimum Gasteiger partial charge on any atom is -0.379 e. The molecule has 0 aromatic heterocycles. The van der Waals surface area contributed by atoms with E-state index in [1.54, 1.807) is 0 Å². The minimum atomic E-state index is 0.919. The van der Waals surface area contributed by atoms with E-state index in [1.807, 2.05) is 11.8 Å². The van der Waals surface area contributed by atoms with Crippen LogP contribution in [-0.2, 0) is 4.74 Å². The lowest BCUT2D eigenvalue weighted by atomic mass is 10.3. The predicted molar refractivity (Wildman–Crippen MR) is 72.4 cm³/mol. The molecule has 1 aliphatic heterocycles. The van der Waals surface area contributed by atoms with Gasteiger partial charge in [-0.1, -0.05) is 0 Å². The molecule has 0 spiro atoms. The van der Waals surface area contributed by atoms with Gasteiger partial charge in [0.25, 0.3) is 0 Å². The van der Waals surface area contributed by atoms with E-state index in [9.17, 15) is 0 Å². The van der Waals surface area contributed by atoms with Crippen LogP contribution in [0.5, 0.6) is 0 Å². The zero-order valence-electron chi connectivity index (χ0n) is 10.5. The molecule has 0 radical (unpaired) electrons. The molecule has 4 heteroatoms. The maximum absolute atomic E-state index is 5.32. The third-order valence-corrected chi connectivity index (χ3v) is 3.58. The highest BCUT2D eigenvalue weighted by Crippen LogP contribution is 1.99. The summed E-state index contributed by atoms with van der Waals surface area (Å²) in [5, 5.41) is 3.52. The quantitative estimate of drug-likeness (QED) is 0.622. The molecule has 16 heavy (non-hydrogen) atoms. The number of thioether (sulfide) groups is 1. The first-order chi connectivity index (χ1) is 7.93. The molecule has 1 rings (SSSR count). The van der Waals surface area contributed by atoms with E-state index in [1.165, 1.54) is 38.1 Å². The van der Waals surface area contributed by atoms with Crippen molar-refractivity contribution >= 4 is 11.8 Å². The number of morpholine rings is 1. The van der Waals surface area contributed by atoms with Crippen LogP contribution in [0, 0.1) is 0 Å². The Morgan fingerprint density at radius 2 is 1.88 bits per heavy atom. The van der Waals surface area contributed by atoms with Crippen molar-refractivity contribution in [3.63, 3.8) is 0 Å². The lowest BCUT2D eigenvalue weighted by Crippen LogP contribution is -2.37. The highest BCUT2D eigenvalue weighted by atomic mass is 32.2. The van der Waals surface area contributed by atoms with E-state index < -0.39 is 0 Å². The first kappa shape index (κ1) is 14.3. The molecule has 1 saturated heterocycles. The van der Waals surface area contributed by atoms with Gasteiger partial charge in [0.2, 0.25) is 0 Å². The second-order valence-electron chi connectivity index (χ2n) is 4.26. The Labute approximate surface area is 104 Å². The number of hydrogen-bond acceptors (Lipinski definition) is 4. The highest BCUT2D eigenvalue weighted by Gasteiger charge is 2.08. The van der Waals surface area contributed by atoms with Crippen molar-refractivity contribution in [3.8, 4) is 0 Å². The summed E-state index contributed by atoms with van der Waals surface area (Å²) in [6.45, 7) is 7.65. The third-order valence-electron chi connectivity index (χ3n) is 2.88. The van der Waals surface area contributed by atoms with Crippen molar-refractivity contribution < 1.29 is 4.74 Å². The van der Waals surface area contributed by atoms with Crippen molar-refractivity contribution in [1.82, 2.24) is 10.2 Å². The van der Waals surface area contributed by atoms with Gasteiger partial charge in [-0.2, -0.15) is 11.8 Å². The molecular formula is C12H26N2OS. The molecule has 1 heterocycles. The zero-order valence-corrected chi connectivity index (χ0v) is 11.4. The molecule has 0 bridgehead atoms. The Morgan fingerprint density at radius 3 is 2.62 bits per heavy atom. The Morgan fingerprint density at radius 1 is 1.12 bits per heavy atom. The molecule has 1 aliphatic rings. The fourth-order valence-electron chi connectivity index (χ4n) is 1.87. The Bertz CT molecular complexity index is 152. The highest BCUT2D eigenvalue weighted by molar-refractivity contribution is 7.98. The maximum Gasteiger partial charge on any atom is 0.0594 e. The van der Waals surface area contributed by atoms with Crippen LogP contribution in [0.25, 0.3) is 0 Å².